The molecular weight excluding hydrogens is 492 g/mol. The van der Waals surface area contributed by atoms with Crippen LogP contribution in [0.1, 0.15) is 11.1 Å². The third-order valence-corrected chi connectivity index (χ3v) is 7.63. The van der Waals surface area contributed by atoms with Gasteiger partial charge in [-0.3, -0.25) is 19.1 Å². The zero-order chi connectivity index (χ0) is 26.8. The maximum atomic E-state index is 5.13. The Bertz CT molecular complexity index is 2090. The van der Waals surface area contributed by atoms with Gasteiger partial charge in [0.1, 0.15) is 11.6 Å². The number of fused-ring (bicyclic) bond motifs is 6. The number of hydrogen-bond donors (Lipinski definition) is 0. The summed E-state index contributed by atoms with van der Waals surface area (Å²) < 4.78 is 4.42. The van der Waals surface area contributed by atoms with E-state index in [1.165, 1.54) is 21.9 Å². The van der Waals surface area contributed by atoms with Crippen LogP contribution < -0.4 is 0 Å². The molecule has 0 N–H and O–H groups in total. The first-order chi connectivity index (χ1) is 19.7. The van der Waals surface area contributed by atoms with Gasteiger partial charge in [0.2, 0.25) is 0 Å². The number of aromatic nitrogens is 6. The maximum absolute atomic E-state index is 5.13. The monoisotopic (exact) mass is 516 g/mol. The molecule has 6 aromatic heterocycles. The van der Waals surface area contributed by atoms with Crippen molar-refractivity contribution in [3.05, 3.63) is 121 Å². The van der Waals surface area contributed by atoms with Gasteiger partial charge in [0, 0.05) is 46.3 Å². The molecule has 0 spiro atoms. The SMILES string of the molecule is Cc1ccc2c(c1)c1cnccc1n2-c1cccc(-c2cccc(-n3c4ccncc4c4cc(C)ccc43)n2)n1. The molecule has 0 radical (unpaired) electrons. The van der Waals surface area contributed by atoms with E-state index in [1.54, 1.807) is 0 Å². The summed E-state index contributed by atoms with van der Waals surface area (Å²) in [6, 6.07) is 29.4. The normalized spacial score (nSPS) is 11.8. The molecule has 190 valence electrons. The van der Waals surface area contributed by atoms with E-state index in [0.29, 0.717) is 0 Å². The number of nitrogens with zero attached hydrogens (tertiary/aromatic N) is 6. The molecule has 0 aliphatic rings. The lowest BCUT2D eigenvalue weighted by molar-refractivity contribution is 1.05. The zero-order valence-electron chi connectivity index (χ0n) is 22.1. The molecule has 0 unspecified atom stereocenters. The Morgan fingerprint density at radius 2 is 0.925 bits per heavy atom. The van der Waals surface area contributed by atoms with Gasteiger partial charge in [-0.05, 0) is 74.5 Å². The van der Waals surface area contributed by atoms with Crippen LogP contribution in [0.2, 0.25) is 0 Å². The summed E-state index contributed by atoms with van der Waals surface area (Å²) in [7, 11) is 0. The third-order valence-electron chi connectivity index (χ3n) is 7.63. The quantitative estimate of drug-likeness (QED) is 0.241. The fourth-order valence-corrected chi connectivity index (χ4v) is 5.83. The Morgan fingerprint density at radius 1 is 0.475 bits per heavy atom. The predicted molar refractivity (Wildman–Crippen MR) is 161 cm³/mol. The molecule has 0 aliphatic heterocycles. The summed E-state index contributed by atoms with van der Waals surface area (Å²) in [4.78, 5) is 19.0. The maximum Gasteiger partial charge on any atom is 0.138 e. The van der Waals surface area contributed by atoms with Crippen molar-refractivity contribution in [3.8, 4) is 23.0 Å². The molecule has 0 saturated heterocycles. The molecule has 0 amide bonds. The van der Waals surface area contributed by atoms with Crippen LogP contribution in [-0.2, 0) is 0 Å². The van der Waals surface area contributed by atoms with Crippen LogP contribution in [0.5, 0.6) is 0 Å². The fourth-order valence-electron chi connectivity index (χ4n) is 5.83. The highest BCUT2D eigenvalue weighted by Gasteiger charge is 2.16. The van der Waals surface area contributed by atoms with Crippen LogP contribution in [0.15, 0.2) is 110 Å². The Labute approximate surface area is 230 Å². The van der Waals surface area contributed by atoms with Gasteiger partial charge >= 0.3 is 0 Å². The Kier molecular flexibility index (Phi) is 4.85. The summed E-state index contributed by atoms with van der Waals surface area (Å²) in [5, 5.41) is 4.58. The van der Waals surface area contributed by atoms with Crippen molar-refractivity contribution >= 4 is 43.6 Å². The average Bonchev–Trinajstić information content (AvgIpc) is 3.49. The summed E-state index contributed by atoms with van der Waals surface area (Å²) in [5.74, 6) is 1.69. The van der Waals surface area contributed by atoms with E-state index >= 15 is 0 Å². The minimum atomic E-state index is 0.814. The summed E-state index contributed by atoms with van der Waals surface area (Å²) >= 11 is 0. The lowest BCUT2D eigenvalue weighted by Crippen LogP contribution is -2.01. The Hall–Kier alpha value is -5.36. The summed E-state index contributed by atoms with van der Waals surface area (Å²) in [5.41, 5.74) is 8.43. The molecular formula is C34H24N6. The third kappa shape index (κ3) is 3.36. The van der Waals surface area contributed by atoms with Crippen molar-refractivity contribution in [3.63, 3.8) is 0 Å². The molecule has 8 aromatic rings. The van der Waals surface area contributed by atoms with Crippen molar-refractivity contribution in [1.82, 2.24) is 29.1 Å². The molecule has 6 nitrogen and oxygen atoms in total. The number of rotatable bonds is 3. The number of aryl methyl sites for hydroxylation is 2. The van der Waals surface area contributed by atoms with Crippen molar-refractivity contribution in [2.24, 2.45) is 0 Å². The summed E-state index contributed by atoms with van der Waals surface area (Å²) in [6.45, 7) is 4.23. The van der Waals surface area contributed by atoms with Crippen molar-refractivity contribution in [2.75, 3.05) is 0 Å². The van der Waals surface area contributed by atoms with Crippen molar-refractivity contribution in [1.29, 1.82) is 0 Å². The number of hydrogen-bond acceptors (Lipinski definition) is 4. The second-order valence-corrected chi connectivity index (χ2v) is 10.3. The van der Waals surface area contributed by atoms with Gasteiger partial charge in [0.25, 0.3) is 0 Å². The molecule has 0 saturated carbocycles. The first-order valence-electron chi connectivity index (χ1n) is 13.3. The minimum absolute atomic E-state index is 0.814. The van der Waals surface area contributed by atoms with E-state index in [-0.39, 0.29) is 0 Å². The fraction of sp³-hybridized carbons (Fsp3) is 0.0588. The van der Waals surface area contributed by atoms with Crippen molar-refractivity contribution < 1.29 is 0 Å². The van der Waals surface area contributed by atoms with Gasteiger partial charge in [-0.25, -0.2) is 9.97 Å². The average molecular weight is 517 g/mol. The van der Waals surface area contributed by atoms with Crippen molar-refractivity contribution in [2.45, 2.75) is 13.8 Å². The van der Waals surface area contributed by atoms with E-state index < -0.39 is 0 Å². The van der Waals surface area contributed by atoms with E-state index in [4.69, 9.17) is 9.97 Å². The molecule has 0 bridgehead atoms. The molecule has 6 heteroatoms. The minimum Gasteiger partial charge on any atom is -0.294 e. The van der Waals surface area contributed by atoms with Crippen LogP contribution in [0.4, 0.5) is 0 Å². The largest absolute Gasteiger partial charge is 0.294 e. The predicted octanol–water partition coefficient (Wildman–Crippen LogP) is 7.74. The number of pyridine rings is 4. The molecule has 0 atom stereocenters. The van der Waals surface area contributed by atoms with Gasteiger partial charge < -0.3 is 0 Å². The topological polar surface area (TPSA) is 61.4 Å². The highest BCUT2D eigenvalue weighted by atomic mass is 15.1. The van der Waals surface area contributed by atoms with Gasteiger partial charge in [-0.15, -0.1) is 0 Å². The van der Waals surface area contributed by atoms with E-state index in [1.807, 2.05) is 49.1 Å². The van der Waals surface area contributed by atoms with Crippen LogP contribution in [0.3, 0.4) is 0 Å². The summed E-state index contributed by atoms with van der Waals surface area (Å²) in [6.07, 6.45) is 7.54. The number of benzene rings is 2. The Balaban J connectivity index is 1.31. The molecule has 0 fully saturated rings. The second kappa shape index (κ2) is 8.58. The lowest BCUT2D eigenvalue weighted by Gasteiger charge is -2.11. The smallest absolute Gasteiger partial charge is 0.138 e. The first kappa shape index (κ1) is 22.6. The van der Waals surface area contributed by atoms with E-state index in [0.717, 1.165) is 55.9 Å². The standard InChI is InChI=1S/C34H24N6/c1-21-9-11-29-23(17-21)25-19-35-15-13-31(25)39(29)33-7-3-5-27(37-33)28-6-4-8-34(38-28)40-30-12-10-22(2)18-24(30)26-20-36-16-14-32(26)40/h3-20H,1-2H3. The van der Waals surface area contributed by atoms with Crippen LogP contribution >= 0.6 is 0 Å². The van der Waals surface area contributed by atoms with Crippen LogP contribution in [0, 0.1) is 13.8 Å². The second-order valence-electron chi connectivity index (χ2n) is 10.3. The van der Waals surface area contributed by atoms with E-state index in [9.17, 15) is 0 Å². The first-order valence-corrected chi connectivity index (χ1v) is 13.3. The Morgan fingerprint density at radius 3 is 1.40 bits per heavy atom. The zero-order valence-corrected chi connectivity index (χ0v) is 22.1. The molecule has 2 aromatic carbocycles. The molecule has 0 aliphatic carbocycles. The molecule has 8 rings (SSSR count). The van der Waals surface area contributed by atoms with Gasteiger partial charge in [0.15, 0.2) is 0 Å². The van der Waals surface area contributed by atoms with Gasteiger partial charge in [-0.2, -0.15) is 0 Å². The van der Waals surface area contributed by atoms with Gasteiger partial charge in [0.05, 0.1) is 33.5 Å². The van der Waals surface area contributed by atoms with E-state index in [2.05, 4.69) is 93.6 Å². The lowest BCUT2D eigenvalue weighted by atomic mass is 10.1. The molecule has 40 heavy (non-hydrogen) atoms. The molecule has 6 heterocycles. The van der Waals surface area contributed by atoms with Crippen LogP contribution in [0.25, 0.3) is 66.6 Å². The highest BCUT2D eigenvalue weighted by molar-refractivity contribution is 6.10. The van der Waals surface area contributed by atoms with Crippen LogP contribution in [-0.4, -0.2) is 29.1 Å². The highest BCUT2D eigenvalue weighted by Crippen LogP contribution is 2.34. The van der Waals surface area contributed by atoms with Gasteiger partial charge in [-0.1, -0.05) is 35.4 Å².